The average Bonchev–Trinajstić information content (AvgIpc) is 3.09. The zero-order valence-corrected chi connectivity index (χ0v) is 14.2. The van der Waals surface area contributed by atoms with E-state index in [-0.39, 0.29) is 18.3 Å². The van der Waals surface area contributed by atoms with Crippen LogP contribution >= 0.6 is 12.4 Å². The van der Waals surface area contributed by atoms with Gasteiger partial charge in [0.25, 0.3) is 0 Å². The van der Waals surface area contributed by atoms with Crippen LogP contribution in [0.4, 0.5) is 0 Å². The predicted molar refractivity (Wildman–Crippen MR) is 92.6 cm³/mol. The first-order valence-corrected chi connectivity index (χ1v) is 7.79. The fraction of sp³-hybridized carbons (Fsp3) is 0.412. The number of aromatic nitrogens is 1. The third-order valence-electron chi connectivity index (χ3n) is 4.42. The van der Waals surface area contributed by atoms with Gasteiger partial charge in [-0.25, -0.2) is 4.98 Å². The number of oxazole rings is 1. The second kappa shape index (κ2) is 8.28. The number of nitrogens with one attached hydrogen (secondary N) is 1. The number of hydrogen-bond donors (Lipinski definition) is 2. The van der Waals surface area contributed by atoms with Gasteiger partial charge in [-0.1, -0.05) is 30.3 Å². The van der Waals surface area contributed by atoms with Crippen molar-refractivity contribution in [2.24, 2.45) is 11.1 Å². The first kappa shape index (κ1) is 18.4. The minimum atomic E-state index is -0.533. The highest BCUT2D eigenvalue weighted by Crippen LogP contribution is 2.30. The summed E-state index contributed by atoms with van der Waals surface area (Å²) in [5.74, 6) is 0.644. The second-order valence-corrected chi connectivity index (χ2v) is 5.77. The molecule has 24 heavy (non-hydrogen) atoms. The summed E-state index contributed by atoms with van der Waals surface area (Å²) in [6.45, 7) is 1.79. The van der Waals surface area contributed by atoms with E-state index in [1.165, 1.54) is 6.39 Å². The Morgan fingerprint density at radius 1 is 1.25 bits per heavy atom. The van der Waals surface area contributed by atoms with E-state index in [9.17, 15) is 4.79 Å². The molecule has 0 aliphatic carbocycles. The first-order valence-electron chi connectivity index (χ1n) is 7.79. The average molecular weight is 352 g/mol. The van der Waals surface area contributed by atoms with Gasteiger partial charge in [0.15, 0.2) is 12.2 Å². The van der Waals surface area contributed by atoms with Crippen molar-refractivity contribution in [1.82, 2.24) is 10.3 Å². The van der Waals surface area contributed by atoms with Gasteiger partial charge in [0.1, 0.15) is 5.69 Å². The molecular formula is C17H22ClN3O3. The molecule has 0 radical (unpaired) electrons. The number of ether oxygens (including phenoxy) is 1. The molecule has 1 aromatic heterocycles. The minimum absolute atomic E-state index is 0. The Kier molecular flexibility index (Phi) is 6.36. The summed E-state index contributed by atoms with van der Waals surface area (Å²) in [6.07, 6.45) is 2.70. The number of nitrogens with two attached hydrogens (primary N) is 1. The maximum absolute atomic E-state index is 12.6. The van der Waals surface area contributed by atoms with Crippen LogP contribution in [0.3, 0.4) is 0 Å². The van der Waals surface area contributed by atoms with Crippen LogP contribution in [0.25, 0.3) is 11.3 Å². The van der Waals surface area contributed by atoms with E-state index in [1.54, 1.807) is 0 Å². The Hall–Kier alpha value is -1.89. The molecule has 1 saturated heterocycles. The number of rotatable bonds is 5. The van der Waals surface area contributed by atoms with E-state index in [1.807, 2.05) is 30.3 Å². The molecule has 0 atom stereocenters. The van der Waals surface area contributed by atoms with Crippen LogP contribution in [0.1, 0.15) is 18.5 Å². The van der Waals surface area contributed by atoms with Crippen molar-refractivity contribution in [2.45, 2.75) is 19.4 Å². The molecule has 1 amide bonds. The Bertz CT molecular complexity index is 654. The molecule has 0 unspecified atom stereocenters. The Morgan fingerprint density at radius 2 is 1.96 bits per heavy atom. The lowest BCUT2D eigenvalue weighted by Crippen LogP contribution is -2.49. The number of hydrogen-bond acceptors (Lipinski definition) is 5. The van der Waals surface area contributed by atoms with Gasteiger partial charge in [-0.2, -0.15) is 0 Å². The third-order valence-corrected chi connectivity index (χ3v) is 4.42. The van der Waals surface area contributed by atoms with Gasteiger partial charge in [-0.05, 0) is 12.8 Å². The van der Waals surface area contributed by atoms with Gasteiger partial charge in [0.2, 0.25) is 5.91 Å². The number of halogens is 1. The summed E-state index contributed by atoms with van der Waals surface area (Å²) < 4.78 is 10.8. The van der Waals surface area contributed by atoms with E-state index >= 15 is 0 Å². The normalized spacial score (nSPS) is 16.2. The van der Waals surface area contributed by atoms with Crippen LogP contribution in [0.15, 0.2) is 41.1 Å². The van der Waals surface area contributed by atoms with Crippen LogP contribution in [-0.2, 0) is 16.1 Å². The van der Waals surface area contributed by atoms with Crippen LogP contribution in [0.5, 0.6) is 0 Å². The van der Waals surface area contributed by atoms with Crippen LogP contribution in [-0.4, -0.2) is 30.6 Å². The Balaban J connectivity index is 0.00000208. The number of benzene rings is 1. The molecule has 0 spiro atoms. The molecular weight excluding hydrogens is 330 g/mol. The van der Waals surface area contributed by atoms with Crippen LogP contribution < -0.4 is 11.1 Å². The van der Waals surface area contributed by atoms with Crippen LogP contribution in [0.2, 0.25) is 0 Å². The van der Waals surface area contributed by atoms with E-state index in [0.717, 1.165) is 5.56 Å². The van der Waals surface area contributed by atoms with Gasteiger partial charge in [-0.3, -0.25) is 4.79 Å². The molecule has 3 N–H and O–H groups in total. The highest BCUT2D eigenvalue weighted by Gasteiger charge is 2.38. The second-order valence-electron chi connectivity index (χ2n) is 5.77. The van der Waals surface area contributed by atoms with Crippen molar-refractivity contribution < 1.29 is 13.9 Å². The Morgan fingerprint density at radius 3 is 2.62 bits per heavy atom. The summed E-state index contributed by atoms with van der Waals surface area (Å²) >= 11 is 0. The summed E-state index contributed by atoms with van der Waals surface area (Å²) in [5.41, 5.74) is 6.98. The number of amides is 1. The molecule has 7 heteroatoms. The summed E-state index contributed by atoms with van der Waals surface area (Å²) in [4.78, 5) is 16.8. The highest BCUT2D eigenvalue weighted by atomic mass is 35.5. The van der Waals surface area contributed by atoms with Crippen LogP contribution in [0, 0.1) is 5.41 Å². The van der Waals surface area contributed by atoms with Crippen molar-refractivity contribution in [3.8, 4) is 11.3 Å². The fourth-order valence-electron chi connectivity index (χ4n) is 2.86. The van der Waals surface area contributed by atoms with E-state index in [2.05, 4.69) is 10.3 Å². The van der Waals surface area contributed by atoms with Crippen molar-refractivity contribution in [3.63, 3.8) is 0 Å². The van der Waals surface area contributed by atoms with Crippen molar-refractivity contribution in [2.75, 3.05) is 19.8 Å². The molecule has 0 bridgehead atoms. The molecule has 1 aromatic carbocycles. The lowest BCUT2D eigenvalue weighted by molar-refractivity contribution is -0.136. The monoisotopic (exact) mass is 351 g/mol. The Labute approximate surface area is 147 Å². The highest BCUT2D eigenvalue weighted by molar-refractivity contribution is 5.85. The largest absolute Gasteiger partial charge is 0.443 e. The van der Waals surface area contributed by atoms with Crippen molar-refractivity contribution in [1.29, 1.82) is 0 Å². The molecule has 130 valence electrons. The maximum atomic E-state index is 12.6. The predicted octanol–water partition coefficient (Wildman–Crippen LogP) is 2.14. The molecule has 0 saturated carbocycles. The van der Waals surface area contributed by atoms with E-state index in [0.29, 0.717) is 50.6 Å². The van der Waals surface area contributed by atoms with Gasteiger partial charge in [0, 0.05) is 25.3 Å². The minimum Gasteiger partial charge on any atom is -0.443 e. The molecule has 2 heterocycles. The molecule has 1 aliphatic heterocycles. The summed E-state index contributed by atoms with van der Waals surface area (Å²) in [5, 5.41) is 2.96. The maximum Gasteiger partial charge on any atom is 0.227 e. The number of carbonyl (C=O) groups excluding carboxylic acids is 1. The van der Waals surface area contributed by atoms with Gasteiger partial charge < -0.3 is 20.2 Å². The van der Waals surface area contributed by atoms with Gasteiger partial charge in [-0.15, -0.1) is 12.4 Å². The summed E-state index contributed by atoms with van der Waals surface area (Å²) in [7, 11) is 0. The SMILES string of the molecule is Cl.NCC1(C(=O)NCc2ncoc2-c2ccccc2)CCOCC1. The topological polar surface area (TPSA) is 90.4 Å². The molecule has 6 nitrogen and oxygen atoms in total. The lowest BCUT2D eigenvalue weighted by atomic mass is 9.79. The summed E-state index contributed by atoms with van der Waals surface area (Å²) in [6, 6.07) is 9.71. The van der Waals surface area contributed by atoms with Crippen molar-refractivity contribution >= 4 is 18.3 Å². The first-order chi connectivity index (χ1) is 11.2. The lowest BCUT2D eigenvalue weighted by Gasteiger charge is -2.34. The fourth-order valence-corrected chi connectivity index (χ4v) is 2.86. The smallest absolute Gasteiger partial charge is 0.227 e. The number of nitrogens with zero attached hydrogens (tertiary/aromatic N) is 1. The zero-order chi connectivity index (χ0) is 16.1. The van der Waals surface area contributed by atoms with Gasteiger partial charge in [0.05, 0.1) is 12.0 Å². The molecule has 1 aliphatic rings. The van der Waals surface area contributed by atoms with E-state index in [4.69, 9.17) is 14.9 Å². The van der Waals surface area contributed by atoms with Gasteiger partial charge >= 0.3 is 0 Å². The number of carbonyl (C=O) groups is 1. The third kappa shape index (κ3) is 3.77. The standard InChI is InChI=1S/C17H21N3O3.ClH/c18-11-17(6-8-22-9-7-17)16(21)19-10-14-15(23-12-20-14)13-4-2-1-3-5-13;/h1-5,12H,6-11,18H2,(H,19,21);1H. The van der Waals surface area contributed by atoms with E-state index < -0.39 is 5.41 Å². The molecule has 1 fully saturated rings. The molecule has 2 aromatic rings. The van der Waals surface area contributed by atoms with Crippen molar-refractivity contribution in [3.05, 3.63) is 42.4 Å². The quantitative estimate of drug-likeness (QED) is 0.861. The molecule has 3 rings (SSSR count). The zero-order valence-electron chi connectivity index (χ0n) is 13.4.